The van der Waals surface area contributed by atoms with Gasteiger partial charge in [-0.15, -0.1) is 11.8 Å². The number of carbonyl (C=O) groups excluding carboxylic acids is 2. The van der Waals surface area contributed by atoms with Crippen LogP contribution in [0.1, 0.15) is 36.7 Å². The zero-order valence-corrected chi connectivity index (χ0v) is 18.7. The summed E-state index contributed by atoms with van der Waals surface area (Å²) >= 11 is 7.67. The predicted molar refractivity (Wildman–Crippen MR) is 120 cm³/mol. The van der Waals surface area contributed by atoms with Crippen LogP contribution in [-0.2, 0) is 14.9 Å². The van der Waals surface area contributed by atoms with Crippen molar-refractivity contribution >= 4 is 40.9 Å². The average molecular weight is 435 g/mol. The molecule has 0 heterocycles. The third-order valence-electron chi connectivity index (χ3n) is 4.18. The van der Waals surface area contributed by atoms with Crippen LogP contribution in [-0.4, -0.2) is 37.8 Å². The van der Waals surface area contributed by atoms with Crippen molar-refractivity contribution in [2.75, 3.05) is 31.3 Å². The number of ether oxygens (including phenoxy) is 1. The molecule has 2 amide bonds. The van der Waals surface area contributed by atoms with Crippen molar-refractivity contribution < 1.29 is 14.3 Å². The monoisotopic (exact) mass is 434 g/mol. The maximum absolute atomic E-state index is 12.2. The molecule has 2 rings (SSSR count). The van der Waals surface area contributed by atoms with Gasteiger partial charge in [0.25, 0.3) is 5.91 Å². The summed E-state index contributed by atoms with van der Waals surface area (Å²) in [6.07, 6.45) is 0. The van der Waals surface area contributed by atoms with E-state index in [9.17, 15) is 9.59 Å². The fraction of sp³-hybridized carbons (Fsp3) is 0.364. The maximum Gasteiger partial charge on any atom is 0.252 e. The molecular weight excluding hydrogens is 408 g/mol. The van der Waals surface area contributed by atoms with Gasteiger partial charge in [-0.05, 0) is 41.3 Å². The minimum Gasteiger partial charge on any atom is -0.383 e. The summed E-state index contributed by atoms with van der Waals surface area (Å²) in [5.41, 5.74) is 2.27. The normalized spacial score (nSPS) is 11.2. The van der Waals surface area contributed by atoms with E-state index in [2.05, 4.69) is 43.5 Å². The Hall–Kier alpha value is -2.02. The zero-order chi connectivity index (χ0) is 21.4. The molecule has 0 aliphatic heterocycles. The highest BCUT2D eigenvalue weighted by Gasteiger charge is 2.14. The van der Waals surface area contributed by atoms with Crippen molar-refractivity contribution in [1.82, 2.24) is 5.32 Å². The van der Waals surface area contributed by atoms with E-state index < -0.39 is 0 Å². The minimum absolute atomic E-state index is 0.104. The van der Waals surface area contributed by atoms with Crippen LogP contribution in [0.15, 0.2) is 47.4 Å². The molecule has 0 fully saturated rings. The highest BCUT2D eigenvalue weighted by Crippen LogP contribution is 2.26. The molecule has 2 N–H and O–H groups in total. The minimum atomic E-state index is -0.279. The Morgan fingerprint density at radius 3 is 2.38 bits per heavy atom. The molecule has 7 heteroatoms. The van der Waals surface area contributed by atoms with Crippen molar-refractivity contribution in [3.63, 3.8) is 0 Å². The van der Waals surface area contributed by atoms with Gasteiger partial charge in [0.2, 0.25) is 5.91 Å². The van der Waals surface area contributed by atoms with Crippen LogP contribution < -0.4 is 10.6 Å². The van der Waals surface area contributed by atoms with E-state index in [0.29, 0.717) is 24.4 Å². The number of hydrogen-bond acceptors (Lipinski definition) is 4. The lowest BCUT2D eigenvalue weighted by Gasteiger charge is -2.19. The number of hydrogen-bond donors (Lipinski definition) is 2. The molecule has 156 valence electrons. The lowest BCUT2D eigenvalue weighted by molar-refractivity contribution is -0.113. The zero-order valence-electron chi connectivity index (χ0n) is 17.2. The van der Waals surface area contributed by atoms with Crippen LogP contribution in [0.5, 0.6) is 0 Å². The van der Waals surface area contributed by atoms with E-state index in [1.807, 2.05) is 12.1 Å². The van der Waals surface area contributed by atoms with Gasteiger partial charge in [-0.1, -0.05) is 44.5 Å². The van der Waals surface area contributed by atoms with Crippen molar-refractivity contribution in [1.29, 1.82) is 0 Å². The van der Waals surface area contributed by atoms with Gasteiger partial charge in [0.15, 0.2) is 0 Å². The molecule has 0 saturated heterocycles. The Bertz CT molecular complexity index is 848. The molecule has 0 radical (unpaired) electrons. The van der Waals surface area contributed by atoms with Crippen LogP contribution >= 0.6 is 23.4 Å². The quantitative estimate of drug-likeness (QED) is 0.465. The van der Waals surface area contributed by atoms with Crippen LogP contribution in [0, 0.1) is 0 Å². The van der Waals surface area contributed by atoms with Crippen LogP contribution in [0.25, 0.3) is 0 Å². The first-order valence-corrected chi connectivity index (χ1v) is 10.7. The van der Waals surface area contributed by atoms with Crippen molar-refractivity contribution in [3.8, 4) is 0 Å². The molecule has 0 unspecified atom stereocenters. The summed E-state index contributed by atoms with van der Waals surface area (Å²) in [5, 5.41) is 5.81. The van der Waals surface area contributed by atoms with Gasteiger partial charge >= 0.3 is 0 Å². The summed E-state index contributed by atoms with van der Waals surface area (Å²) in [4.78, 5) is 25.4. The highest BCUT2D eigenvalue weighted by atomic mass is 35.5. The second-order valence-corrected chi connectivity index (χ2v) is 9.01. The van der Waals surface area contributed by atoms with Gasteiger partial charge in [-0.3, -0.25) is 9.59 Å². The molecule has 0 spiro atoms. The first kappa shape index (κ1) is 23.3. The van der Waals surface area contributed by atoms with Gasteiger partial charge in [-0.25, -0.2) is 0 Å². The number of amides is 2. The number of rotatable bonds is 8. The van der Waals surface area contributed by atoms with E-state index in [4.69, 9.17) is 16.3 Å². The predicted octanol–water partition coefficient (Wildman–Crippen LogP) is 4.74. The summed E-state index contributed by atoms with van der Waals surface area (Å²) in [6.45, 7) is 7.33. The topological polar surface area (TPSA) is 67.4 Å². The van der Waals surface area contributed by atoms with Crippen molar-refractivity contribution in [3.05, 3.63) is 58.6 Å². The van der Waals surface area contributed by atoms with Gasteiger partial charge in [0.1, 0.15) is 0 Å². The van der Waals surface area contributed by atoms with Crippen molar-refractivity contribution in [2.24, 2.45) is 0 Å². The molecule has 29 heavy (non-hydrogen) atoms. The average Bonchev–Trinajstić information content (AvgIpc) is 2.66. The fourth-order valence-electron chi connectivity index (χ4n) is 2.54. The van der Waals surface area contributed by atoms with Crippen LogP contribution in [0.4, 0.5) is 5.69 Å². The number of nitrogens with one attached hydrogen (secondary N) is 2. The third-order valence-corrected chi connectivity index (χ3v) is 5.50. The van der Waals surface area contributed by atoms with Crippen LogP contribution in [0.2, 0.25) is 5.02 Å². The molecule has 0 bridgehead atoms. The van der Waals surface area contributed by atoms with E-state index in [1.54, 1.807) is 25.3 Å². The van der Waals surface area contributed by atoms with E-state index in [1.165, 1.54) is 17.3 Å². The number of anilines is 1. The Kier molecular flexibility index (Phi) is 8.56. The lowest BCUT2D eigenvalue weighted by Crippen LogP contribution is -2.27. The van der Waals surface area contributed by atoms with Gasteiger partial charge in [0.05, 0.1) is 22.9 Å². The Morgan fingerprint density at radius 2 is 1.79 bits per heavy atom. The summed E-state index contributed by atoms with van der Waals surface area (Å²) in [5.74, 6) is -0.131. The molecule has 2 aromatic rings. The molecule has 0 aromatic heterocycles. The smallest absolute Gasteiger partial charge is 0.252 e. The first-order chi connectivity index (χ1) is 13.7. The molecule has 0 aliphatic rings. The van der Waals surface area contributed by atoms with Gasteiger partial charge < -0.3 is 15.4 Å². The van der Waals surface area contributed by atoms with Gasteiger partial charge in [-0.2, -0.15) is 0 Å². The number of carbonyl (C=O) groups is 2. The second kappa shape index (κ2) is 10.7. The fourth-order valence-corrected chi connectivity index (χ4v) is 3.50. The maximum atomic E-state index is 12.2. The van der Waals surface area contributed by atoms with E-state index in [0.717, 1.165) is 4.90 Å². The first-order valence-electron chi connectivity index (χ1n) is 9.30. The SMILES string of the molecule is COCCNC(=O)c1ccc(NC(=O)CSc2ccc(C(C)(C)C)cc2)cc1Cl. The number of methoxy groups -OCH3 is 1. The molecule has 2 aromatic carbocycles. The molecule has 0 aliphatic carbocycles. The second-order valence-electron chi connectivity index (χ2n) is 7.55. The van der Waals surface area contributed by atoms with Crippen LogP contribution in [0.3, 0.4) is 0 Å². The summed E-state index contributed by atoms with van der Waals surface area (Å²) < 4.78 is 4.90. The molecule has 0 saturated carbocycles. The standard InChI is InChI=1S/C22H27ClN2O3S/c1-22(2,3)15-5-8-17(9-6-15)29-14-20(26)25-16-7-10-18(19(23)13-16)21(27)24-11-12-28-4/h5-10,13H,11-12,14H2,1-4H3,(H,24,27)(H,25,26). The summed E-state index contributed by atoms with van der Waals surface area (Å²) in [6, 6.07) is 13.1. The third kappa shape index (κ3) is 7.38. The van der Waals surface area contributed by atoms with E-state index in [-0.39, 0.29) is 28.0 Å². The number of benzene rings is 2. The summed E-state index contributed by atoms with van der Waals surface area (Å²) in [7, 11) is 1.57. The molecule has 5 nitrogen and oxygen atoms in total. The lowest BCUT2D eigenvalue weighted by atomic mass is 9.87. The van der Waals surface area contributed by atoms with Gasteiger partial charge in [0, 0.05) is 24.2 Å². The Morgan fingerprint density at radius 1 is 1.10 bits per heavy atom. The van der Waals surface area contributed by atoms with E-state index >= 15 is 0 Å². The number of halogens is 1. The van der Waals surface area contributed by atoms with Crippen molar-refractivity contribution in [2.45, 2.75) is 31.1 Å². The molecular formula is C22H27ClN2O3S. The highest BCUT2D eigenvalue weighted by molar-refractivity contribution is 8.00. The molecule has 0 atom stereocenters. The largest absolute Gasteiger partial charge is 0.383 e. The Labute approximate surface area is 181 Å². The Balaban J connectivity index is 1.89. The number of thioether (sulfide) groups is 1.